The molecule has 0 fully saturated rings. The Labute approximate surface area is 55.6 Å². The van der Waals surface area contributed by atoms with E-state index in [9.17, 15) is 4.79 Å². The number of carbonyl (C=O) groups is 1. The van der Waals surface area contributed by atoms with Gasteiger partial charge in [-0.05, 0) is 13.0 Å². The fraction of sp³-hybridized carbons (Fsp3) is 0.833. The van der Waals surface area contributed by atoms with Gasteiger partial charge in [0.25, 0.3) is 0 Å². The van der Waals surface area contributed by atoms with Gasteiger partial charge in [0.1, 0.15) is 0 Å². The van der Waals surface area contributed by atoms with Crippen molar-refractivity contribution in [1.29, 1.82) is 0 Å². The molecule has 3 heteroatoms. The van der Waals surface area contributed by atoms with Crippen molar-refractivity contribution < 1.29 is 4.79 Å². The van der Waals surface area contributed by atoms with Gasteiger partial charge >= 0.3 is 0 Å². The zero-order chi connectivity index (χ0) is 7.11. The number of carbonyl (C=O) groups excluding carboxylic acids is 1. The molecular weight excluding hydrogens is 116 g/mol. The quantitative estimate of drug-likeness (QED) is 0.509. The van der Waals surface area contributed by atoms with Crippen LogP contribution >= 0.6 is 0 Å². The first kappa shape index (κ1) is 8.43. The second kappa shape index (κ2) is 5.56. The zero-order valence-corrected chi connectivity index (χ0v) is 5.81. The van der Waals surface area contributed by atoms with Crippen molar-refractivity contribution in [2.45, 2.75) is 19.8 Å². The van der Waals surface area contributed by atoms with Crippen molar-refractivity contribution in [3.8, 4) is 0 Å². The molecule has 0 aromatic carbocycles. The maximum atomic E-state index is 10.1. The van der Waals surface area contributed by atoms with E-state index >= 15 is 0 Å². The molecule has 0 rings (SSSR count). The predicted octanol–water partition coefficient (Wildman–Crippen LogP) is -0.139. The van der Waals surface area contributed by atoms with Crippen LogP contribution in [0.25, 0.3) is 0 Å². The number of hydrogen-bond donors (Lipinski definition) is 2. The molecule has 0 unspecified atom stereocenters. The van der Waals surface area contributed by atoms with E-state index in [0.717, 1.165) is 19.4 Å². The van der Waals surface area contributed by atoms with Gasteiger partial charge in [-0.15, -0.1) is 0 Å². The third-order valence-corrected chi connectivity index (χ3v) is 1.01. The summed E-state index contributed by atoms with van der Waals surface area (Å²) >= 11 is 0. The molecule has 3 nitrogen and oxygen atoms in total. The molecule has 0 aromatic rings. The Balaban J connectivity index is 2.83. The maximum absolute atomic E-state index is 10.1. The normalized spacial score (nSPS) is 9.44. The fourth-order valence-corrected chi connectivity index (χ4v) is 0.513. The molecule has 9 heavy (non-hydrogen) atoms. The number of primary amides is 1. The lowest BCUT2D eigenvalue weighted by Crippen LogP contribution is -2.29. The second-order valence-electron chi connectivity index (χ2n) is 2.00. The van der Waals surface area contributed by atoms with Crippen molar-refractivity contribution in [1.82, 2.24) is 5.32 Å². The van der Waals surface area contributed by atoms with E-state index in [1.165, 1.54) is 0 Å². The van der Waals surface area contributed by atoms with Gasteiger partial charge in [-0.25, -0.2) is 0 Å². The van der Waals surface area contributed by atoms with E-state index in [0.29, 0.717) is 6.54 Å². The first-order valence-corrected chi connectivity index (χ1v) is 3.26. The summed E-state index contributed by atoms with van der Waals surface area (Å²) in [5.41, 5.74) is 4.87. The van der Waals surface area contributed by atoms with Crippen molar-refractivity contribution in [3.63, 3.8) is 0 Å². The number of amides is 1. The summed E-state index contributed by atoms with van der Waals surface area (Å²) in [6.45, 7) is 3.30. The third kappa shape index (κ3) is 7.43. The van der Waals surface area contributed by atoms with Crippen molar-refractivity contribution in [2.75, 3.05) is 13.1 Å². The van der Waals surface area contributed by atoms with Gasteiger partial charge in [-0.3, -0.25) is 4.79 Å². The van der Waals surface area contributed by atoms with Crippen LogP contribution in [0.5, 0.6) is 0 Å². The van der Waals surface area contributed by atoms with Crippen LogP contribution < -0.4 is 11.1 Å². The van der Waals surface area contributed by atoms with Crippen LogP contribution in [0.3, 0.4) is 0 Å². The van der Waals surface area contributed by atoms with Gasteiger partial charge < -0.3 is 11.1 Å². The van der Waals surface area contributed by atoms with Gasteiger partial charge in [0.15, 0.2) is 0 Å². The lowest BCUT2D eigenvalue weighted by Gasteiger charge is -1.97. The number of nitrogens with two attached hydrogens (primary N) is 1. The SMILES string of the molecule is CCCCNCC(N)=O. The minimum Gasteiger partial charge on any atom is -0.369 e. The standard InChI is InChI=1S/C6H14N2O/c1-2-3-4-8-5-6(7)9/h8H,2-5H2,1H3,(H2,7,9). The first-order chi connectivity index (χ1) is 4.27. The minimum atomic E-state index is -0.286. The van der Waals surface area contributed by atoms with Crippen LogP contribution in [0.15, 0.2) is 0 Å². The Morgan fingerprint density at radius 2 is 2.33 bits per heavy atom. The average molecular weight is 130 g/mol. The Morgan fingerprint density at radius 3 is 2.78 bits per heavy atom. The monoisotopic (exact) mass is 130 g/mol. The number of hydrogen-bond acceptors (Lipinski definition) is 2. The Kier molecular flexibility index (Phi) is 5.21. The van der Waals surface area contributed by atoms with Crippen molar-refractivity contribution in [3.05, 3.63) is 0 Å². The molecule has 0 heterocycles. The number of nitrogens with one attached hydrogen (secondary N) is 1. The van der Waals surface area contributed by atoms with E-state index in [-0.39, 0.29) is 5.91 Å². The molecule has 0 saturated carbocycles. The first-order valence-electron chi connectivity index (χ1n) is 3.26. The third-order valence-electron chi connectivity index (χ3n) is 1.01. The molecule has 0 bridgehead atoms. The summed E-state index contributed by atoms with van der Waals surface area (Å²) in [5, 5.41) is 2.91. The molecule has 0 aliphatic carbocycles. The highest BCUT2D eigenvalue weighted by atomic mass is 16.1. The highest BCUT2D eigenvalue weighted by molar-refractivity contribution is 5.75. The van der Waals surface area contributed by atoms with Gasteiger partial charge in [0.2, 0.25) is 5.91 Å². The van der Waals surface area contributed by atoms with Crippen LogP contribution in [0.4, 0.5) is 0 Å². The van der Waals surface area contributed by atoms with Crippen LogP contribution in [-0.2, 0) is 4.79 Å². The van der Waals surface area contributed by atoms with E-state index in [1.807, 2.05) is 0 Å². The van der Waals surface area contributed by atoms with Gasteiger partial charge in [0, 0.05) is 0 Å². The van der Waals surface area contributed by atoms with Crippen LogP contribution in [0.2, 0.25) is 0 Å². The van der Waals surface area contributed by atoms with Crippen molar-refractivity contribution in [2.24, 2.45) is 5.73 Å². The summed E-state index contributed by atoms with van der Waals surface area (Å²) in [5.74, 6) is -0.286. The summed E-state index contributed by atoms with van der Waals surface area (Å²) in [6, 6.07) is 0. The highest BCUT2D eigenvalue weighted by Crippen LogP contribution is 1.80. The summed E-state index contributed by atoms with van der Waals surface area (Å²) < 4.78 is 0. The lowest BCUT2D eigenvalue weighted by atomic mass is 10.3. The largest absolute Gasteiger partial charge is 0.369 e. The molecule has 0 aliphatic heterocycles. The van der Waals surface area contributed by atoms with Gasteiger partial charge in [-0.2, -0.15) is 0 Å². The molecule has 54 valence electrons. The summed E-state index contributed by atoms with van der Waals surface area (Å²) in [6.07, 6.45) is 2.25. The summed E-state index contributed by atoms with van der Waals surface area (Å²) in [7, 11) is 0. The van der Waals surface area contributed by atoms with Crippen molar-refractivity contribution >= 4 is 5.91 Å². The molecule has 0 aliphatic rings. The molecular formula is C6H14N2O. The van der Waals surface area contributed by atoms with Gasteiger partial charge in [-0.1, -0.05) is 13.3 Å². The number of rotatable bonds is 5. The zero-order valence-electron chi connectivity index (χ0n) is 5.81. The van der Waals surface area contributed by atoms with Gasteiger partial charge in [0.05, 0.1) is 6.54 Å². The van der Waals surface area contributed by atoms with E-state index in [2.05, 4.69) is 12.2 Å². The summed E-state index contributed by atoms with van der Waals surface area (Å²) in [4.78, 5) is 10.1. The minimum absolute atomic E-state index is 0.286. The lowest BCUT2D eigenvalue weighted by molar-refractivity contribution is -0.117. The number of unbranched alkanes of at least 4 members (excludes halogenated alkanes) is 1. The predicted molar refractivity (Wildman–Crippen MR) is 37.0 cm³/mol. The molecule has 0 radical (unpaired) electrons. The van der Waals surface area contributed by atoms with Crippen LogP contribution in [0.1, 0.15) is 19.8 Å². The Morgan fingerprint density at radius 1 is 1.67 bits per heavy atom. The molecule has 1 amide bonds. The maximum Gasteiger partial charge on any atom is 0.231 e. The van der Waals surface area contributed by atoms with E-state index in [4.69, 9.17) is 5.73 Å². The Bertz CT molecular complexity index is 83.1. The van der Waals surface area contributed by atoms with Crippen LogP contribution in [-0.4, -0.2) is 19.0 Å². The van der Waals surface area contributed by atoms with Crippen LogP contribution in [0, 0.1) is 0 Å². The van der Waals surface area contributed by atoms with E-state index < -0.39 is 0 Å². The molecule has 0 saturated heterocycles. The molecule has 3 N–H and O–H groups in total. The topological polar surface area (TPSA) is 55.1 Å². The molecule has 0 atom stereocenters. The highest BCUT2D eigenvalue weighted by Gasteiger charge is 1.89. The van der Waals surface area contributed by atoms with E-state index in [1.54, 1.807) is 0 Å². The Hall–Kier alpha value is -0.570. The molecule has 0 aromatic heterocycles. The fourth-order valence-electron chi connectivity index (χ4n) is 0.513. The smallest absolute Gasteiger partial charge is 0.231 e. The average Bonchev–Trinajstić information content (AvgIpc) is 1.80. The second-order valence-corrected chi connectivity index (χ2v) is 2.00. The molecule has 0 spiro atoms.